The Balaban J connectivity index is 2.20. The molecule has 3 heteroatoms. The molecule has 0 N–H and O–H groups in total. The predicted molar refractivity (Wildman–Crippen MR) is 90.6 cm³/mol. The Morgan fingerprint density at radius 2 is 1.55 bits per heavy atom. The first-order chi connectivity index (χ1) is 10.5. The van der Waals surface area contributed by atoms with Gasteiger partial charge in [-0.25, -0.2) is 0 Å². The molecule has 2 atom stereocenters. The molecule has 0 saturated heterocycles. The molecule has 1 aliphatic rings. The van der Waals surface area contributed by atoms with Gasteiger partial charge in [0.05, 0.1) is 0 Å². The van der Waals surface area contributed by atoms with Gasteiger partial charge in [-0.1, -0.05) is 60.7 Å². The fourth-order valence-electron chi connectivity index (χ4n) is 3.11. The van der Waals surface area contributed by atoms with E-state index < -0.39 is 4.87 Å². The van der Waals surface area contributed by atoms with Crippen molar-refractivity contribution in [3.63, 3.8) is 0 Å². The Labute approximate surface area is 136 Å². The average Bonchev–Trinajstić information content (AvgIpc) is 2.54. The molecule has 0 bridgehead atoms. The third-order valence-electron chi connectivity index (χ3n) is 4.16. The fourth-order valence-corrected chi connectivity index (χ4v) is 3.49. The van der Waals surface area contributed by atoms with E-state index in [-0.39, 0.29) is 11.8 Å². The molecule has 22 heavy (non-hydrogen) atoms. The highest BCUT2D eigenvalue weighted by molar-refractivity contribution is 6.36. The van der Waals surface area contributed by atoms with E-state index in [0.29, 0.717) is 0 Å². The van der Waals surface area contributed by atoms with E-state index in [1.165, 1.54) is 0 Å². The summed E-state index contributed by atoms with van der Waals surface area (Å²) in [5.74, 6) is -0.260. The Morgan fingerprint density at radius 1 is 1.00 bits per heavy atom. The summed E-state index contributed by atoms with van der Waals surface area (Å²) in [6, 6.07) is 20.1. The normalized spacial score (nSPS) is 25.0. The van der Waals surface area contributed by atoms with Crippen molar-refractivity contribution in [1.29, 1.82) is 0 Å². The second kappa shape index (κ2) is 5.62. The van der Waals surface area contributed by atoms with Crippen LogP contribution in [0, 0.1) is 0 Å². The van der Waals surface area contributed by atoms with E-state index in [0.717, 1.165) is 16.7 Å². The fraction of sp³-hybridized carbons (Fsp3) is 0.211. The highest BCUT2D eigenvalue weighted by Crippen LogP contribution is 2.47. The minimum Gasteiger partial charge on any atom is -0.320 e. The first-order valence-corrected chi connectivity index (χ1v) is 7.68. The van der Waals surface area contributed by atoms with Crippen molar-refractivity contribution in [1.82, 2.24) is 4.90 Å². The summed E-state index contributed by atoms with van der Waals surface area (Å²) in [6.07, 6.45) is 1.90. The first kappa shape index (κ1) is 14.9. The second-order valence-electron chi connectivity index (χ2n) is 5.79. The summed E-state index contributed by atoms with van der Waals surface area (Å²) >= 11 is 6.73. The molecule has 0 aliphatic carbocycles. The summed E-state index contributed by atoms with van der Waals surface area (Å²) in [5.41, 5.74) is 3.20. The molecule has 3 rings (SSSR count). The average molecular weight is 312 g/mol. The Hall–Kier alpha value is -2.06. The van der Waals surface area contributed by atoms with Crippen molar-refractivity contribution in [3.8, 4) is 0 Å². The van der Waals surface area contributed by atoms with Crippen LogP contribution in [-0.4, -0.2) is 22.7 Å². The van der Waals surface area contributed by atoms with Crippen LogP contribution in [0.2, 0.25) is 0 Å². The quantitative estimate of drug-likeness (QED) is 0.758. The predicted octanol–water partition coefficient (Wildman–Crippen LogP) is 4.28. The third kappa shape index (κ3) is 2.44. The standard InChI is InChI=1S/C19H18ClNO/c1-19(20)17(15-11-7-4-8-12-15)16(13-21(2)18(19)22)14-9-5-3-6-10-14/h3-13,17H,1-2H3/t17-,19-/m1/s1. The molecular weight excluding hydrogens is 294 g/mol. The van der Waals surface area contributed by atoms with Crippen LogP contribution in [0.15, 0.2) is 66.9 Å². The molecule has 0 saturated carbocycles. The van der Waals surface area contributed by atoms with E-state index in [4.69, 9.17) is 11.6 Å². The van der Waals surface area contributed by atoms with Gasteiger partial charge in [-0.15, -0.1) is 11.6 Å². The molecule has 112 valence electrons. The molecule has 0 radical (unpaired) electrons. The van der Waals surface area contributed by atoms with Crippen LogP contribution in [0.25, 0.3) is 5.57 Å². The summed E-state index contributed by atoms with van der Waals surface area (Å²) in [7, 11) is 1.76. The van der Waals surface area contributed by atoms with Gasteiger partial charge in [0.2, 0.25) is 5.91 Å². The molecule has 2 nitrogen and oxygen atoms in total. The Kier molecular flexibility index (Phi) is 3.79. The number of benzene rings is 2. The van der Waals surface area contributed by atoms with Crippen molar-refractivity contribution in [2.45, 2.75) is 17.7 Å². The maximum absolute atomic E-state index is 12.6. The molecule has 2 aromatic rings. The molecule has 0 spiro atoms. The molecule has 0 aromatic heterocycles. The third-order valence-corrected chi connectivity index (χ3v) is 4.54. The molecular formula is C19H18ClNO. The van der Waals surface area contributed by atoms with Crippen LogP contribution in [0.5, 0.6) is 0 Å². The van der Waals surface area contributed by atoms with Crippen LogP contribution in [-0.2, 0) is 4.79 Å². The van der Waals surface area contributed by atoms with Gasteiger partial charge in [0, 0.05) is 19.2 Å². The molecule has 2 aromatic carbocycles. The van der Waals surface area contributed by atoms with Gasteiger partial charge in [0.15, 0.2) is 0 Å². The van der Waals surface area contributed by atoms with E-state index >= 15 is 0 Å². The SMILES string of the molecule is CN1C=C(c2ccccc2)[C@@H](c2ccccc2)[C@@](C)(Cl)C1=O. The first-order valence-electron chi connectivity index (χ1n) is 7.30. The van der Waals surface area contributed by atoms with Crippen LogP contribution >= 0.6 is 11.6 Å². The maximum Gasteiger partial charge on any atom is 0.248 e. The van der Waals surface area contributed by atoms with Crippen LogP contribution < -0.4 is 0 Å². The zero-order valence-corrected chi connectivity index (χ0v) is 13.4. The molecule has 1 aliphatic heterocycles. The number of alkyl halides is 1. The number of carbonyl (C=O) groups is 1. The van der Waals surface area contributed by atoms with Gasteiger partial charge >= 0.3 is 0 Å². The molecule has 0 fully saturated rings. The van der Waals surface area contributed by atoms with Crippen molar-refractivity contribution < 1.29 is 4.79 Å². The van der Waals surface area contributed by atoms with Crippen LogP contribution in [0.4, 0.5) is 0 Å². The van der Waals surface area contributed by atoms with Gasteiger partial charge in [0.25, 0.3) is 0 Å². The lowest BCUT2D eigenvalue weighted by Crippen LogP contribution is -2.47. The van der Waals surface area contributed by atoms with Crippen molar-refractivity contribution in [3.05, 3.63) is 78.0 Å². The number of carbonyl (C=O) groups excluding carboxylic acids is 1. The van der Waals surface area contributed by atoms with E-state index in [1.54, 1.807) is 18.9 Å². The van der Waals surface area contributed by atoms with Crippen LogP contribution in [0.1, 0.15) is 24.0 Å². The zero-order valence-electron chi connectivity index (χ0n) is 12.7. The lowest BCUT2D eigenvalue weighted by molar-refractivity contribution is -0.130. The highest BCUT2D eigenvalue weighted by atomic mass is 35.5. The monoisotopic (exact) mass is 311 g/mol. The van der Waals surface area contributed by atoms with Gasteiger partial charge in [-0.05, 0) is 23.6 Å². The maximum atomic E-state index is 12.6. The minimum absolute atomic E-state index is 0.0808. The van der Waals surface area contributed by atoms with E-state index in [1.807, 2.05) is 54.7 Å². The highest BCUT2D eigenvalue weighted by Gasteiger charge is 2.47. The number of hydrogen-bond acceptors (Lipinski definition) is 1. The number of amides is 1. The molecule has 1 heterocycles. The number of rotatable bonds is 2. The van der Waals surface area contributed by atoms with Gasteiger partial charge in [0.1, 0.15) is 4.87 Å². The largest absolute Gasteiger partial charge is 0.320 e. The molecule has 1 amide bonds. The second-order valence-corrected chi connectivity index (χ2v) is 6.57. The van der Waals surface area contributed by atoms with Crippen LogP contribution in [0.3, 0.4) is 0 Å². The zero-order chi connectivity index (χ0) is 15.7. The summed E-state index contributed by atoms with van der Waals surface area (Å²) < 4.78 is 0. The number of hydrogen-bond donors (Lipinski definition) is 0. The van der Waals surface area contributed by atoms with E-state index in [9.17, 15) is 4.79 Å². The number of halogens is 1. The lowest BCUT2D eigenvalue weighted by atomic mass is 9.76. The summed E-state index contributed by atoms with van der Waals surface area (Å²) in [5, 5.41) is 0. The van der Waals surface area contributed by atoms with Gasteiger partial charge < -0.3 is 4.90 Å². The number of nitrogens with zero attached hydrogens (tertiary/aromatic N) is 1. The Morgan fingerprint density at radius 3 is 2.14 bits per heavy atom. The smallest absolute Gasteiger partial charge is 0.248 e. The molecule has 0 unspecified atom stereocenters. The summed E-state index contributed by atoms with van der Waals surface area (Å²) in [4.78, 5) is 13.1. The Bertz CT molecular complexity index is 707. The van der Waals surface area contributed by atoms with Crippen molar-refractivity contribution in [2.24, 2.45) is 0 Å². The number of allylic oxidation sites excluding steroid dienone is 1. The van der Waals surface area contributed by atoms with Gasteiger partial charge in [-0.3, -0.25) is 4.79 Å². The topological polar surface area (TPSA) is 20.3 Å². The van der Waals surface area contributed by atoms with Crippen molar-refractivity contribution in [2.75, 3.05) is 7.05 Å². The lowest BCUT2D eigenvalue weighted by Gasteiger charge is -2.40. The van der Waals surface area contributed by atoms with E-state index in [2.05, 4.69) is 12.1 Å². The minimum atomic E-state index is -1.00. The van der Waals surface area contributed by atoms with Gasteiger partial charge in [-0.2, -0.15) is 0 Å². The summed E-state index contributed by atoms with van der Waals surface area (Å²) in [6.45, 7) is 1.81. The van der Waals surface area contributed by atoms with Crippen molar-refractivity contribution >= 4 is 23.1 Å².